The lowest BCUT2D eigenvalue weighted by Crippen LogP contribution is -2.23. The molecule has 0 saturated heterocycles. The molecule has 5 heteroatoms. The van der Waals surface area contributed by atoms with Crippen molar-refractivity contribution in [1.29, 1.82) is 0 Å². The molecule has 5 nitrogen and oxygen atoms in total. The Kier molecular flexibility index (Phi) is 2.18. The van der Waals surface area contributed by atoms with E-state index in [1.807, 2.05) is 42.3 Å². The second kappa shape index (κ2) is 3.69. The van der Waals surface area contributed by atoms with Gasteiger partial charge in [0.15, 0.2) is 5.69 Å². The third-order valence-electron chi connectivity index (χ3n) is 2.98. The fraction of sp³-hybridized carbons (Fsp3) is 0.250. The Morgan fingerprint density at radius 1 is 1.12 bits per heavy atom. The minimum absolute atomic E-state index is 0.0643. The van der Waals surface area contributed by atoms with Crippen molar-refractivity contribution in [2.24, 2.45) is 0 Å². The molecular weight excluding hydrogens is 216 g/mol. The van der Waals surface area contributed by atoms with Gasteiger partial charge in [-0.15, -0.1) is 10.2 Å². The van der Waals surface area contributed by atoms with E-state index in [1.54, 1.807) is 4.57 Å². The first-order chi connectivity index (χ1) is 8.27. The summed E-state index contributed by atoms with van der Waals surface area (Å²) in [5, 5.41) is 8.16. The summed E-state index contributed by atoms with van der Waals surface area (Å²) >= 11 is 0. The lowest BCUT2D eigenvalue weighted by atomic mass is 10.2. The lowest BCUT2D eigenvalue weighted by Gasteiger charge is -2.08. The summed E-state index contributed by atoms with van der Waals surface area (Å²) in [4.78, 5) is 14.2. The highest BCUT2D eigenvalue weighted by atomic mass is 16.1. The van der Waals surface area contributed by atoms with E-state index < -0.39 is 0 Å². The molecule has 2 heterocycles. The van der Waals surface area contributed by atoms with Crippen molar-refractivity contribution < 1.29 is 0 Å². The number of hydrogen-bond donors (Lipinski definition) is 0. The molecule has 86 valence electrons. The van der Waals surface area contributed by atoms with Crippen molar-refractivity contribution in [2.75, 3.05) is 18.5 Å². The molecule has 0 unspecified atom stereocenters. The van der Waals surface area contributed by atoms with Gasteiger partial charge in [-0.1, -0.05) is 30.3 Å². The molecule has 2 aromatic rings. The summed E-state index contributed by atoms with van der Waals surface area (Å²) in [6.45, 7) is 1.49. The molecule has 0 N–H and O–H groups in total. The van der Waals surface area contributed by atoms with Crippen LogP contribution in [0.5, 0.6) is 0 Å². The molecule has 0 radical (unpaired) electrons. The highest BCUT2D eigenvalue weighted by Gasteiger charge is 2.21. The second-order valence-corrected chi connectivity index (χ2v) is 4.09. The predicted octanol–water partition coefficient (Wildman–Crippen LogP) is 0.755. The van der Waals surface area contributed by atoms with E-state index in [0.29, 0.717) is 18.2 Å². The SMILES string of the molecule is CN1CCn2c1nnc(-c1ccccc1)c2=O. The minimum Gasteiger partial charge on any atom is -0.342 e. The first kappa shape index (κ1) is 10.0. The maximum atomic E-state index is 12.2. The molecule has 0 aliphatic carbocycles. The second-order valence-electron chi connectivity index (χ2n) is 4.09. The van der Waals surface area contributed by atoms with Crippen LogP contribution in [0.4, 0.5) is 5.95 Å². The van der Waals surface area contributed by atoms with Crippen molar-refractivity contribution >= 4 is 5.95 Å². The van der Waals surface area contributed by atoms with Gasteiger partial charge < -0.3 is 4.90 Å². The number of benzene rings is 1. The number of nitrogens with zero attached hydrogens (tertiary/aromatic N) is 4. The van der Waals surface area contributed by atoms with Gasteiger partial charge in [-0.3, -0.25) is 9.36 Å². The summed E-state index contributed by atoms with van der Waals surface area (Å²) < 4.78 is 1.68. The highest BCUT2D eigenvalue weighted by Crippen LogP contribution is 2.16. The summed E-state index contributed by atoms with van der Waals surface area (Å²) in [5.74, 6) is 0.648. The standard InChI is InChI=1S/C12H12N4O/c1-15-7-8-16-11(17)10(13-14-12(15)16)9-5-3-2-4-6-9/h2-6H,7-8H2,1H3. The van der Waals surface area contributed by atoms with Crippen molar-refractivity contribution in [3.8, 4) is 11.3 Å². The van der Waals surface area contributed by atoms with E-state index in [0.717, 1.165) is 12.1 Å². The Bertz CT molecular complexity index is 606. The van der Waals surface area contributed by atoms with Gasteiger partial charge in [-0.2, -0.15) is 0 Å². The van der Waals surface area contributed by atoms with Crippen LogP contribution in [0.3, 0.4) is 0 Å². The Hall–Kier alpha value is -2.17. The van der Waals surface area contributed by atoms with Gasteiger partial charge in [-0.25, -0.2) is 0 Å². The monoisotopic (exact) mass is 228 g/mol. The third kappa shape index (κ3) is 1.51. The van der Waals surface area contributed by atoms with Crippen LogP contribution in [0, 0.1) is 0 Å². The maximum Gasteiger partial charge on any atom is 0.281 e. The van der Waals surface area contributed by atoms with Crippen LogP contribution in [-0.2, 0) is 6.54 Å². The number of likely N-dealkylation sites (N-methyl/N-ethyl adjacent to an activating group) is 1. The Morgan fingerprint density at radius 2 is 1.88 bits per heavy atom. The zero-order chi connectivity index (χ0) is 11.8. The quantitative estimate of drug-likeness (QED) is 0.723. The van der Waals surface area contributed by atoms with Gasteiger partial charge in [0.2, 0.25) is 5.95 Å². The average molecular weight is 228 g/mol. The van der Waals surface area contributed by atoms with Crippen molar-refractivity contribution in [3.05, 3.63) is 40.7 Å². The zero-order valence-corrected chi connectivity index (χ0v) is 9.50. The molecule has 0 fully saturated rings. The lowest BCUT2D eigenvalue weighted by molar-refractivity contribution is 0.742. The van der Waals surface area contributed by atoms with Gasteiger partial charge in [-0.05, 0) is 0 Å². The molecule has 0 spiro atoms. The number of fused-ring (bicyclic) bond motifs is 1. The maximum absolute atomic E-state index is 12.2. The first-order valence-corrected chi connectivity index (χ1v) is 5.51. The van der Waals surface area contributed by atoms with Crippen LogP contribution in [-0.4, -0.2) is 28.4 Å². The van der Waals surface area contributed by atoms with Crippen LogP contribution in [0.15, 0.2) is 35.1 Å². The molecule has 1 aromatic carbocycles. The molecule has 1 aliphatic heterocycles. The number of aromatic nitrogens is 3. The average Bonchev–Trinajstić information content (AvgIpc) is 2.74. The van der Waals surface area contributed by atoms with Gasteiger partial charge in [0, 0.05) is 25.7 Å². The van der Waals surface area contributed by atoms with Crippen LogP contribution >= 0.6 is 0 Å². The van der Waals surface area contributed by atoms with Gasteiger partial charge in [0.05, 0.1) is 0 Å². The fourth-order valence-electron chi connectivity index (χ4n) is 2.02. The van der Waals surface area contributed by atoms with Crippen LogP contribution in [0.2, 0.25) is 0 Å². The topological polar surface area (TPSA) is 51.0 Å². The Labute approximate surface area is 98.3 Å². The molecular formula is C12H12N4O. The van der Waals surface area contributed by atoms with Gasteiger partial charge >= 0.3 is 0 Å². The fourth-order valence-corrected chi connectivity index (χ4v) is 2.02. The summed E-state index contributed by atoms with van der Waals surface area (Å²) in [6.07, 6.45) is 0. The molecule has 0 saturated carbocycles. The first-order valence-electron chi connectivity index (χ1n) is 5.51. The third-order valence-corrected chi connectivity index (χ3v) is 2.98. The molecule has 0 bridgehead atoms. The van der Waals surface area contributed by atoms with E-state index in [9.17, 15) is 4.79 Å². The zero-order valence-electron chi connectivity index (χ0n) is 9.50. The summed E-state index contributed by atoms with van der Waals surface area (Å²) in [7, 11) is 1.91. The van der Waals surface area contributed by atoms with E-state index >= 15 is 0 Å². The molecule has 1 aliphatic rings. The largest absolute Gasteiger partial charge is 0.342 e. The van der Waals surface area contributed by atoms with Gasteiger partial charge in [0.1, 0.15) is 0 Å². The van der Waals surface area contributed by atoms with E-state index in [2.05, 4.69) is 10.2 Å². The minimum atomic E-state index is -0.0643. The highest BCUT2D eigenvalue weighted by molar-refractivity contribution is 5.58. The van der Waals surface area contributed by atoms with Gasteiger partial charge in [0.25, 0.3) is 5.56 Å². The number of anilines is 1. The summed E-state index contributed by atoms with van der Waals surface area (Å²) in [6, 6.07) is 9.44. The Balaban J connectivity index is 2.19. The normalized spacial score (nSPS) is 13.8. The Morgan fingerprint density at radius 3 is 2.65 bits per heavy atom. The van der Waals surface area contributed by atoms with E-state index in [4.69, 9.17) is 0 Å². The molecule has 0 atom stereocenters. The van der Waals surface area contributed by atoms with Crippen molar-refractivity contribution in [2.45, 2.75) is 6.54 Å². The van der Waals surface area contributed by atoms with Crippen molar-refractivity contribution in [1.82, 2.24) is 14.8 Å². The summed E-state index contributed by atoms with van der Waals surface area (Å²) in [5.41, 5.74) is 1.17. The van der Waals surface area contributed by atoms with E-state index in [1.165, 1.54) is 0 Å². The van der Waals surface area contributed by atoms with Crippen LogP contribution in [0.1, 0.15) is 0 Å². The molecule has 17 heavy (non-hydrogen) atoms. The number of rotatable bonds is 1. The van der Waals surface area contributed by atoms with Crippen LogP contribution < -0.4 is 10.5 Å². The smallest absolute Gasteiger partial charge is 0.281 e. The molecule has 0 amide bonds. The van der Waals surface area contributed by atoms with Crippen LogP contribution in [0.25, 0.3) is 11.3 Å². The van der Waals surface area contributed by atoms with E-state index in [-0.39, 0.29) is 5.56 Å². The predicted molar refractivity (Wildman–Crippen MR) is 65.0 cm³/mol. The molecule has 3 rings (SSSR count). The van der Waals surface area contributed by atoms with Crippen molar-refractivity contribution in [3.63, 3.8) is 0 Å². The molecule has 1 aromatic heterocycles. The number of hydrogen-bond acceptors (Lipinski definition) is 4.